The highest BCUT2D eigenvalue weighted by atomic mass is 16.2. The maximum absolute atomic E-state index is 12.7. The summed E-state index contributed by atoms with van der Waals surface area (Å²) in [5.74, 6) is 0.332. The van der Waals surface area contributed by atoms with Crippen LogP contribution in [0.5, 0.6) is 0 Å². The fraction of sp³-hybridized carbons (Fsp3) is 0.400. The van der Waals surface area contributed by atoms with Crippen molar-refractivity contribution in [2.24, 2.45) is 0 Å². The Morgan fingerprint density at radius 1 is 0.969 bits per heavy atom. The zero-order valence-electron chi connectivity index (χ0n) is 18.9. The molecule has 0 radical (unpaired) electrons. The van der Waals surface area contributed by atoms with Gasteiger partial charge in [0, 0.05) is 39.3 Å². The van der Waals surface area contributed by atoms with Crippen LogP contribution in [0.2, 0.25) is 0 Å². The summed E-state index contributed by atoms with van der Waals surface area (Å²) >= 11 is 0. The van der Waals surface area contributed by atoms with Gasteiger partial charge in [-0.05, 0) is 36.7 Å². The van der Waals surface area contributed by atoms with E-state index in [1.807, 2.05) is 12.1 Å². The first-order chi connectivity index (χ1) is 15.5. The second-order valence-electron chi connectivity index (χ2n) is 8.37. The SMILES string of the molecule is CCN1CCN(Cc2ccc(CNC(=O)Cn3c(C)nc4ccccc4c3=O)cc2)CC1. The Morgan fingerprint density at radius 2 is 1.62 bits per heavy atom. The number of likely N-dealkylation sites (N-methyl/N-ethyl adjacent to an activating group) is 1. The lowest BCUT2D eigenvalue weighted by atomic mass is 10.1. The van der Waals surface area contributed by atoms with Crippen LogP contribution in [0, 0.1) is 6.92 Å². The van der Waals surface area contributed by atoms with Crippen LogP contribution in [0.15, 0.2) is 53.3 Å². The summed E-state index contributed by atoms with van der Waals surface area (Å²) in [6.07, 6.45) is 0. The van der Waals surface area contributed by atoms with Crippen molar-refractivity contribution in [1.82, 2.24) is 24.7 Å². The fourth-order valence-corrected chi connectivity index (χ4v) is 4.15. The Labute approximate surface area is 188 Å². The van der Waals surface area contributed by atoms with Crippen molar-refractivity contribution < 1.29 is 4.79 Å². The van der Waals surface area contributed by atoms with E-state index in [1.165, 1.54) is 10.1 Å². The van der Waals surface area contributed by atoms with Gasteiger partial charge in [-0.15, -0.1) is 0 Å². The Kier molecular flexibility index (Phi) is 6.97. The monoisotopic (exact) mass is 433 g/mol. The average molecular weight is 434 g/mol. The number of carbonyl (C=O) groups excluding carboxylic acids is 1. The van der Waals surface area contributed by atoms with Crippen molar-refractivity contribution in [2.45, 2.75) is 33.5 Å². The zero-order valence-corrected chi connectivity index (χ0v) is 18.9. The third-order valence-electron chi connectivity index (χ3n) is 6.19. The van der Waals surface area contributed by atoms with E-state index in [0.717, 1.165) is 44.8 Å². The molecule has 1 aromatic heterocycles. The smallest absolute Gasteiger partial charge is 0.261 e. The van der Waals surface area contributed by atoms with Crippen molar-refractivity contribution in [3.05, 3.63) is 75.8 Å². The molecule has 0 bridgehead atoms. The van der Waals surface area contributed by atoms with Gasteiger partial charge in [-0.3, -0.25) is 19.1 Å². The molecular weight excluding hydrogens is 402 g/mol. The van der Waals surface area contributed by atoms with Crippen molar-refractivity contribution in [2.75, 3.05) is 32.7 Å². The Hall–Kier alpha value is -3.03. The van der Waals surface area contributed by atoms with E-state index in [0.29, 0.717) is 23.3 Å². The van der Waals surface area contributed by atoms with Crippen LogP contribution in [0.4, 0.5) is 0 Å². The molecular formula is C25H31N5O2. The van der Waals surface area contributed by atoms with Gasteiger partial charge < -0.3 is 10.2 Å². The number of amides is 1. The lowest BCUT2D eigenvalue weighted by molar-refractivity contribution is -0.121. The van der Waals surface area contributed by atoms with Crippen LogP contribution in [0.25, 0.3) is 10.9 Å². The first-order valence-electron chi connectivity index (χ1n) is 11.3. The Bertz CT molecular complexity index is 1130. The largest absolute Gasteiger partial charge is 0.350 e. The van der Waals surface area contributed by atoms with Gasteiger partial charge in [0.05, 0.1) is 10.9 Å². The molecule has 0 aliphatic carbocycles. The van der Waals surface area contributed by atoms with Crippen molar-refractivity contribution in [3.63, 3.8) is 0 Å². The molecule has 0 atom stereocenters. The van der Waals surface area contributed by atoms with Gasteiger partial charge in [0.15, 0.2) is 0 Å². The van der Waals surface area contributed by atoms with Crippen LogP contribution in [-0.4, -0.2) is 58.0 Å². The minimum absolute atomic E-state index is 0.0374. The molecule has 7 heteroatoms. The Balaban J connectivity index is 1.31. The standard InChI is InChI=1S/C25H31N5O2/c1-3-28-12-14-29(15-13-28)17-21-10-8-20(9-11-21)16-26-24(31)18-30-19(2)27-23-7-5-4-6-22(23)25(30)32/h4-11H,3,12-18H2,1-2H3,(H,26,31). The predicted octanol–water partition coefficient (Wildman–Crippen LogP) is 2.16. The normalized spacial score (nSPS) is 15.2. The maximum atomic E-state index is 12.7. The lowest BCUT2D eigenvalue weighted by Gasteiger charge is -2.34. The average Bonchev–Trinajstić information content (AvgIpc) is 2.82. The van der Waals surface area contributed by atoms with Crippen LogP contribution in [0.1, 0.15) is 23.9 Å². The van der Waals surface area contributed by atoms with Gasteiger partial charge in [0.1, 0.15) is 12.4 Å². The first-order valence-corrected chi connectivity index (χ1v) is 11.3. The highest BCUT2D eigenvalue weighted by molar-refractivity contribution is 5.79. The molecule has 0 spiro atoms. The third-order valence-corrected chi connectivity index (χ3v) is 6.19. The first kappa shape index (κ1) is 22.2. The van der Waals surface area contributed by atoms with Crippen LogP contribution >= 0.6 is 0 Å². The van der Waals surface area contributed by atoms with Gasteiger partial charge in [-0.25, -0.2) is 4.98 Å². The molecule has 1 saturated heterocycles. The number of hydrogen-bond acceptors (Lipinski definition) is 5. The number of hydrogen-bond donors (Lipinski definition) is 1. The van der Waals surface area contributed by atoms with Crippen LogP contribution < -0.4 is 10.9 Å². The molecule has 2 aromatic carbocycles. The van der Waals surface area contributed by atoms with Gasteiger partial charge in [-0.1, -0.05) is 43.3 Å². The van der Waals surface area contributed by atoms with Crippen molar-refractivity contribution in [3.8, 4) is 0 Å². The number of piperazine rings is 1. The van der Waals surface area contributed by atoms with Gasteiger partial charge >= 0.3 is 0 Å². The number of aryl methyl sites for hydroxylation is 1. The molecule has 1 amide bonds. The molecule has 1 N–H and O–H groups in total. The lowest BCUT2D eigenvalue weighted by Crippen LogP contribution is -2.45. The van der Waals surface area contributed by atoms with Crippen LogP contribution in [0.3, 0.4) is 0 Å². The molecule has 0 unspecified atom stereocenters. The minimum atomic E-state index is -0.204. The van der Waals surface area contributed by atoms with E-state index in [9.17, 15) is 9.59 Å². The number of nitrogens with one attached hydrogen (secondary N) is 1. The second kappa shape index (κ2) is 10.1. The van der Waals surface area contributed by atoms with Gasteiger partial charge in [0.2, 0.25) is 5.91 Å². The number of aromatic nitrogens is 2. The second-order valence-corrected chi connectivity index (χ2v) is 8.37. The molecule has 7 nitrogen and oxygen atoms in total. The maximum Gasteiger partial charge on any atom is 0.261 e. The van der Waals surface area contributed by atoms with Gasteiger partial charge in [0.25, 0.3) is 5.56 Å². The molecule has 3 aromatic rings. The van der Waals surface area contributed by atoms with Crippen LogP contribution in [-0.2, 0) is 24.4 Å². The number of benzene rings is 2. The molecule has 1 aliphatic heterocycles. The minimum Gasteiger partial charge on any atom is -0.350 e. The third kappa shape index (κ3) is 5.23. The Morgan fingerprint density at radius 3 is 2.34 bits per heavy atom. The number of nitrogens with zero attached hydrogens (tertiary/aromatic N) is 4. The van der Waals surface area contributed by atoms with Crippen molar-refractivity contribution >= 4 is 16.8 Å². The molecule has 168 valence electrons. The van der Waals surface area contributed by atoms with Crippen molar-refractivity contribution in [1.29, 1.82) is 0 Å². The highest BCUT2D eigenvalue weighted by Crippen LogP contribution is 2.11. The van der Waals surface area contributed by atoms with Gasteiger partial charge in [-0.2, -0.15) is 0 Å². The highest BCUT2D eigenvalue weighted by Gasteiger charge is 2.15. The number of carbonyl (C=O) groups is 1. The molecule has 2 heterocycles. The predicted molar refractivity (Wildman–Crippen MR) is 126 cm³/mol. The van der Waals surface area contributed by atoms with E-state index in [2.05, 4.69) is 51.3 Å². The van der Waals surface area contributed by atoms with E-state index in [4.69, 9.17) is 0 Å². The number of fused-ring (bicyclic) bond motifs is 1. The topological polar surface area (TPSA) is 70.5 Å². The molecule has 4 rings (SSSR count). The summed E-state index contributed by atoms with van der Waals surface area (Å²) in [4.78, 5) is 34.6. The van der Waals surface area contributed by atoms with E-state index >= 15 is 0 Å². The van der Waals surface area contributed by atoms with E-state index in [-0.39, 0.29) is 18.0 Å². The molecule has 1 aliphatic rings. The molecule has 0 saturated carbocycles. The summed E-state index contributed by atoms with van der Waals surface area (Å²) in [6.45, 7) is 10.9. The zero-order chi connectivity index (χ0) is 22.5. The molecule has 32 heavy (non-hydrogen) atoms. The quantitative estimate of drug-likeness (QED) is 0.618. The summed E-state index contributed by atoms with van der Waals surface area (Å²) in [7, 11) is 0. The summed E-state index contributed by atoms with van der Waals surface area (Å²) < 4.78 is 1.43. The summed E-state index contributed by atoms with van der Waals surface area (Å²) in [5.41, 5.74) is 2.79. The fourth-order valence-electron chi connectivity index (χ4n) is 4.15. The van der Waals surface area contributed by atoms with E-state index < -0.39 is 0 Å². The number of rotatable bonds is 7. The van der Waals surface area contributed by atoms with E-state index in [1.54, 1.807) is 19.1 Å². The summed E-state index contributed by atoms with van der Waals surface area (Å²) in [5, 5.41) is 3.45. The summed E-state index contributed by atoms with van der Waals surface area (Å²) in [6, 6.07) is 15.6. The molecule has 1 fully saturated rings. The number of para-hydroxylation sites is 1.